The van der Waals surface area contributed by atoms with Gasteiger partial charge in [0.15, 0.2) is 0 Å². The number of amides is 1. The van der Waals surface area contributed by atoms with Crippen LogP contribution in [-0.2, 0) is 10.3 Å². The molecule has 1 aliphatic carbocycles. The van der Waals surface area contributed by atoms with E-state index >= 15 is 0 Å². The number of nitrogens with one attached hydrogen (secondary N) is 2. The van der Waals surface area contributed by atoms with Gasteiger partial charge in [-0.3, -0.25) is 4.79 Å². The van der Waals surface area contributed by atoms with Crippen LogP contribution in [0.1, 0.15) is 31.2 Å². The molecule has 102 valence electrons. The third kappa shape index (κ3) is 2.14. The number of hydrogen-bond donors (Lipinski definition) is 2. The number of carbonyl (C=O) groups is 1. The SMILES string of the molecule is O=C(NC1(c2ccccc2)CCC1)[C@@]1(F)CCNC1. The molecule has 2 N–H and O–H groups in total. The Morgan fingerprint density at radius 1 is 1.21 bits per heavy atom. The van der Waals surface area contributed by atoms with Gasteiger partial charge in [0.1, 0.15) is 0 Å². The molecule has 1 aromatic carbocycles. The first kappa shape index (κ1) is 12.6. The average molecular weight is 262 g/mol. The number of carbonyl (C=O) groups excluding carboxylic acids is 1. The van der Waals surface area contributed by atoms with Crippen LogP contribution in [-0.4, -0.2) is 24.7 Å². The van der Waals surface area contributed by atoms with Crippen molar-refractivity contribution in [2.45, 2.75) is 36.9 Å². The number of rotatable bonds is 3. The first-order valence-corrected chi connectivity index (χ1v) is 6.93. The Balaban J connectivity index is 1.79. The molecule has 0 bridgehead atoms. The summed E-state index contributed by atoms with van der Waals surface area (Å²) in [6.07, 6.45) is 3.13. The van der Waals surface area contributed by atoms with Gasteiger partial charge in [-0.15, -0.1) is 0 Å². The van der Waals surface area contributed by atoms with Gasteiger partial charge in [0.2, 0.25) is 5.67 Å². The van der Waals surface area contributed by atoms with Crippen LogP contribution in [0.3, 0.4) is 0 Å². The molecular weight excluding hydrogens is 243 g/mol. The molecule has 1 aromatic rings. The lowest BCUT2D eigenvalue weighted by atomic mass is 9.71. The lowest BCUT2D eigenvalue weighted by Crippen LogP contribution is -2.57. The number of hydrogen-bond acceptors (Lipinski definition) is 2. The highest BCUT2D eigenvalue weighted by molar-refractivity contribution is 5.86. The molecule has 1 aliphatic heterocycles. The van der Waals surface area contributed by atoms with Gasteiger partial charge in [-0.2, -0.15) is 0 Å². The molecule has 2 fully saturated rings. The van der Waals surface area contributed by atoms with Crippen molar-refractivity contribution < 1.29 is 9.18 Å². The molecule has 1 saturated heterocycles. The minimum absolute atomic E-state index is 0.129. The first-order chi connectivity index (χ1) is 9.15. The van der Waals surface area contributed by atoms with E-state index in [0.717, 1.165) is 24.8 Å². The minimum atomic E-state index is -1.74. The Hall–Kier alpha value is -1.42. The first-order valence-electron chi connectivity index (χ1n) is 6.93. The Kier molecular flexibility index (Phi) is 3.05. The molecule has 1 amide bonds. The van der Waals surface area contributed by atoms with E-state index in [1.807, 2.05) is 30.3 Å². The van der Waals surface area contributed by atoms with Gasteiger partial charge in [0.05, 0.1) is 5.54 Å². The van der Waals surface area contributed by atoms with Gasteiger partial charge in [-0.1, -0.05) is 30.3 Å². The predicted octanol–water partition coefficient (Wildman–Crippen LogP) is 1.88. The van der Waals surface area contributed by atoms with Gasteiger partial charge in [0.25, 0.3) is 5.91 Å². The summed E-state index contributed by atoms with van der Waals surface area (Å²) in [5, 5.41) is 5.89. The van der Waals surface area contributed by atoms with Crippen LogP contribution in [0.25, 0.3) is 0 Å². The standard InChI is InChI=1S/C15H19FN2O/c16-14(9-10-17-11-14)13(19)18-15(7-4-8-15)12-5-2-1-3-6-12/h1-3,5-6,17H,4,7-11H2,(H,18,19)/t14-/m1/s1. The van der Waals surface area contributed by atoms with Gasteiger partial charge in [-0.05, 0) is 31.4 Å². The molecule has 0 spiro atoms. The molecule has 1 heterocycles. The van der Waals surface area contributed by atoms with Crippen LogP contribution < -0.4 is 10.6 Å². The number of alkyl halides is 1. The molecular formula is C15H19FN2O. The van der Waals surface area contributed by atoms with Crippen molar-refractivity contribution in [1.82, 2.24) is 10.6 Å². The summed E-state index contributed by atoms with van der Waals surface area (Å²) in [7, 11) is 0. The van der Waals surface area contributed by atoms with Crippen LogP contribution in [0, 0.1) is 0 Å². The van der Waals surface area contributed by atoms with Gasteiger partial charge in [-0.25, -0.2) is 4.39 Å². The maximum atomic E-state index is 14.4. The van der Waals surface area contributed by atoms with Crippen LogP contribution >= 0.6 is 0 Å². The van der Waals surface area contributed by atoms with E-state index in [9.17, 15) is 9.18 Å². The summed E-state index contributed by atoms with van der Waals surface area (Å²) in [4.78, 5) is 12.2. The summed E-state index contributed by atoms with van der Waals surface area (Å²) in [5.41, 5.74) is -0.999. The fourth-order valence-electron chi connectivity index (χ4n) is 2.96. The van der Waals surface area contributed by atoms with E-state index in [0.29, 0.717) is 6.54 Å². The summed E-state index contributed by atoms with van der Waals surface area (Å²) < 4.78 is 14.4. The van der Waals surface area contributed by atoms with Crippen LogP contribution in [0.2, 0.25) is 0 Å². The zero-order valence-electron chi connectivity index (χ0n) is 10.9. The van der Waals surface area contributed by atoms with E-state index in [1.165, 1.54) is 0 Å². The maximum absolute atomic E-state index is 14.4. The van der Waals surface area contributed by atoms with E-state index in [-0.39, 0.29) is 18.5 Å². The molecule has 1 atom stereocenters. The molecule has 19 heavy (non-hydrogen) atoms. The summed E-state index contributed by atoms with van der Waals surface area (Å²) in [6.45, 7) is 0.700. The normalized spacial score (nSPS) is 28.7. The molecule has 0 radical (unpaired) electrons. The van der Waals surface area contributed by atoms with Gasteiger partial charge in [0, 0.05) is 13.0 Å². The summed E-state index contributed by atoms with van der Waals surface area (Å²) >= 11 is 0. The van der Waals surface area contributed by atoms with Crippen LogP contribution in [0.5, 0.6) is 0 Å². The second-order valence-corrected chi connectivity index (χ2v) is 5.65. The van der Waals surface area contributed by atoms with Crippen molar-refractivity contribution in [2.75, 3.05) is 13.1 Å². The third-order valence-electron chi connectivity index (χ3n) is 4.40. The molecule has 0 unspecified atom stereocenters. The smallest absolute Gasteiger partial charge is 0.259 e. The monoisotopic (exact) mass is 262 g/mol. The fourth-order valence-corrected chi connectivity index (χ4v) is 2.96. The van der Waals surface area contributed by atoms with E-state index in [4.69, 9.17) is 0 Å². The minimum Gasteiger partial charge on any atom is -0.344 e. The lowest BCUT2D eigenvalue weighted by molar-refractivity contribution is -0.135. The third-order valence-corrected chi connectivity index (χ3v) is 4.40. The number of benzene rings is 1. The molecule has 4 heteroatoms. The van der Waals surface area contributed by atoms with Crippen LogP contribution in [0.15, 0.2) is 30.3 Å². The Labute approximate surface area is 112 Å². The molecule has 3 rings (SSSR count). The Morgan fingerprint density at radius 2 is 1.95 bits per heavy atom. The summed E-state index contributed by atoms with van der Waals surface area (Å²) in [6, 6.07) is 9.90. The second-order valence-electron chi connectivity index (χ2n) is 5.65. The summed E-state index contributed by atoms with van der Waals surface area (Å²) in [5.74, 6) is -0.457. The maximum Gasteiger partial charge on any atom is 0.259 e. The molecule has 0 aromatic heterocycles. The van der Waals surface area contributed by atoms with Crippen molar-refractivity contribution in [1.29, 1.82) is 0 Å². The van der Waals surface area contributed by atoms with Crippen molar-refractivity contribution in [3.05, 3.63) is 35.9 Å². The highest BCUT2D eigenvalue weighted by atomic mass is 19.1. The number of halogens is 1. The van der Waals surface area contributed by atoms with Crippen molar-refractivity contribution >= 4 is 5.91 Å². The molecule has 1 saturated carbocycles. The van der Waals surface area contributed by atoms with E-state index < -0.39 is 11.6 Å². The van der Waals surface area contributed by atoms with Crippen molar-refractivity contribution in [3.8, 4) is 0 Å². The highest BCUT2D eigenvalue weighted by Gasteiger charge is 2.47. The molecule has 3 nitrogen and oxygen atoms in total. The quantitative estimate of drug-likeness (QED) is 0.873. The van der Waals surface area contributed by atoms with Gasteiger partial charge >= 0.3 is 0 Å². The largest absolute Gasteiger partial charge is 0.344 e. The van der Waals surface area contributed by atoms with Gasteiger partial charge < -0.3 is 10.6 Å². The molecule has 2 aliphatic rings. The average Bonchev–Trinajstić information content (AvgIpc) is 2.83. The Morgan fingerprint density at radius 3 is 2.47 bits per heavy atom. The van der Waals surface area contributed by atoms with Crippen molar-refractivity contribution in [2.24, 2.45) is 0 Å². The topological polar surface area (TPSA) is 41.1 Å². The van der Waals surface area contributed by atoms with E-state index in [2.05, 4.69) is 10.6 Å². The second kappa shape index (κ2) is 4.60. The predicted molar refractivity (Wildman–Crippen MR) is 71.4 cm³/mol. The van der Waals surface area contributed by atoms with Crippen LogP contribution in [0.4, 0.5) is 4.39 Å². The lowest BCUT2D eigenvalue weighted by Gasteiger charge is -2.44. The highest BCUT2D eigenvalue weighted by Crippen LogP contribution is 2.41. The van der Waals surface area contributed by atoms with Crippen molar-refractivity contribution in [3.63, 3.8) is 0 Å². The fraction of sp³-hybridized carbons (Fsp3) is 0.533. The Bertz CT molecular complexity index is 464. The zero-order chi connectivity index (χ0) is 13.3. The van der Waals surface area contributed by atoms with E-state index in [1.54, 1.807) is 0 Å². The zero-order valence-corrected chi connectivity index (χ0v) is 10.9.